The lowest BCUT2D eigenvalue weighted by atomic mass is 10.1. The van der Waals surface area contributed by atoms with Crippen molar-refractivity contribution in [2.75, 3.05) is 26.0 Å². The molecule has 0 aromatic carbocycles. The average molecular weight is 177 g/mol. The Morgan fingerprint density at radius 3 is 2.45 bits per heavy atom. The third kappa shape index (κ3) is 1.28. The van der Waals surface area contributed by atoms with Gasteiger partial charge in [0.05, 0.1) is 12.9 Å². The molecule has 1 atom stereocenters. The van der Waals surface area contributed by atoms with E-state index in [1.807, 2.05) is 0 Å². The molecule has 0 radical (unpaired) electrons. The average Bonchev–Trinajstić information content (AvgIpc) is 2.38. The van der Waals surface area contributed by atoms with Crippen LogP contribution in [0.25, 0.3) is 0 Å². The van der Waals surface area contributed by atoms with Gasteiger partial charge in [0, 0.05) is 13.1 Å². The quantitative estimate of drug-likeness (QED) is 0.503. The van der Waals surface area contributed by atoms with E-state index >= 15 is 0 Å². The maximum absolute atomic E-state index is 11.0. The molecule has 0 amide bonds. The highest BCUT2D eigenvalue weighted by Crippen LogP contribution is 2.37. The summed E-state index contributed by atoms with van der Waals surface area (Å²) in [6.45, 7) is 1.92. The Morgan fingerprint density at radius 1 is 1.55 bits per heavy atom. The lowest BCUT2D eigenvalue weighted by molar-refractivity contribution is 0.312. The van der Waals surface area contributed by atoms with Gasteiger partial charge in [-0.25, -0.2) is 8.42 Å². The monoisotopic (exact) mass is 177 g/mol. The summed E-state index contributed by atoms with van der Waals surface area (Å²) in [7, 11) is -2.98. The Hall–Kier alpha value is -0.130. The van der Waals surface area contributed by atoms with Crippen LogP contribution >= 0.6 is 0 Å². The first-order valence-electron chi connectivity index (χ1n) is 3.61. The van der Waals surface area contributed by atoms with Crippen LogP contribution in [0.3, 0.4) is 0 Å². The highest BCUT2D eigenvalue weighted by atomic mass is 32.2. The second-order valence-corrected chi connectivity index (χ2v) is 5.30. The molecule has 2 heterocycles. The minimum absolute atomic E-state index is 0.0803. The summed E-state index contributed by atoms with van der Waals surface area (Å²) in [6, 6.07) is 0. The van der Waals surface area contributed by atoms with Crippen LogP contribution in [0.1, 0.15) is 6.42 Å². The fraction of sp³-hybridized carbons (Fsp3) is 1.00. The normalized spacial score (nSPS) is 38.3. The standard InChI is InChI=1S/C6H11NO3S/c1-11(8,9)7-3-2-6(4-7)5-10-6/h2-5H2,1H3. The molecule has 1 spiro atoms. The van der Waals surface area contributed by atoms with Crippen molar-refractivity contribution in [3.05, 3.63) is 0 Å². The summed E-state index contributed by atoms with van der Waals surface area (Å²) in [5, 5.41) is 0. The number of rotatable bonds is 1. The maximum Gasteiger partial charge on any atom is 0.211 e. The van der Waals surface area contributed by atoms with Crippen molar-refractivity contribution in [1.29, 1.82) is 0 Å². The minimum Gasteiger partial charge on any atom is -0.368 e. The third-order valence-corrected chi connectivity index (χ3v) is 3.55. The van der Waals surface area contributed by atoms with Gasteiger partial charge in [-0.1, -0.05) is 0 Å². The van der Waals surface area contributed by atoms with Crippen molar-refractivity contribution in [3.8, 4) is 0 Å². The summed E-state index contributed by atoms with van der Waals surface area (Å²) in [4.78, 5) is 0. The van der Waals surface area contributed by atoms with Crippen molar-refractivity contribution in [2.24, 2.45) is 0 Å². The molecule has 1 unspecified atom stereocenters. The van der Waals surface area contributed by atoms with Crippen LogP contribution in [0.5, 0.6) is 0 Å². The van der Waals surface area contributed by atoms with Gasteiger partial charge in [-0.3, -0.25) is 0 Å². The van der Waals surface area contributed by atoms with E-state index in [0.29, 0.717) is 13.1 Å². The smallest absolute Gasteiger partial charge is 0.211 e. The maximum atomic E-state index is 11.0. The molecule has 2 aliphatic rings. The highest BCUT2D eigenvalue weighted by Gasteiger charge is 2.51. The van der Waals surface area contributed by atoms with E-state index in [4.69, 9.17) is 4.74 Å². The Balaban J connectivity index is 2.11. The number of epoxide rings is 1. The van der Waals surface area contributed by atoms with Gasteiger partial charge >= 0.3 is 0 Å². The van der Waals surface area contributed by atoms with Gasteiger partial charge < -0.3 is 4.74 Å². The first kappa shape index (κ1) is 7.52. The Morgan fingerprint density at radius 2 is 2.18 bits per heavy atom. The van der Waals surface area contributed by atoms with E-state index in [-0.39, 0.29) is 5.60 Å². The van der Waals surface area contributed by atoms with Gasteiger partial charge in [-0.15, -0.1) is 0 Å². The molecule has 2 rings (SSSR count). The molecule has 0 aromatic heterocycles. The summed E-state index contributed by atoms with van der Waals surface area (Å²) in [5.41, 5.74) is -0.0803. The lowest BCUT2D eigenvalue weighted by Gasteiger charge is -2.10. The Bertz CT molecular complexity index is 268. The number of nitrogens with zero attached hydrogens (tertiary/aromatic N) is 1. The van der Waals surface area contributed by atoms with Crippen LogP contribution in [0.2, 0.25) is 0 Å². The second kappa shape index (κ2) is 1.97. The fourth-order valence-electron chi connectivity index (χ4n) is 1.43. The molecule has 2 saturated heterocycles. The van der Waals surface area contributed by atoms with E-state index in [2.05, 4.69) is 0 Å². The van der Waals surface area contributed by atoms with Gasteiger partial charge in [-0.05, 0) is 6.42 Å². The van der Waals surface area contributed by atoms with Gasteiger partial charge in [0.1, 0.15) is 5.60 Å². The fourth-order valence-corrected chi connectivity index (χ4v) is 2.32. The van der Waals surface area contributed by atoms with Crippen LogP contribution < -0.4 is 0 Å². The summed E-state index contributed by atoms with van der Waals surface area (Å²) in [6.07, 6.45) is 2.11. The van der Waals surface area contributed by atoms with Crippen molar-refractivity contribution >= 4 is 10.0 Å². The number of sulfonamides is 1. The molecule has 0 aliphatic carbocycles. The second-order valence-electron chi connectivity index (χ2n) is 3.32. The van der Waals surface area contributed by atoms with Crippen LogP contribution in [-0.2, 0) is 14.8 Å². The lowest BCUT2D eigenvalue weighted by Crippen LogP contribution is -2.29. The van der Waals surface area contributed by atoms with E-state index < -0.39 is 10.0 Å². The van der Waals surface area contributed by atoms with Crippen molar-refractivity contribution in [1.82, 2.24) is 4.31 Å². The molecule has 0 N–H and O–H groups in total. The van der Waals surface area contributed by atoms with Gasteiger partial charge in [0.15, 0.2) is 0 Å². The third-order valence-electron chi connectivity index (χ3n) is 2.30. The zero-order chi connectivity index (χ0) is 8.11. The zero-order valence-electron chi connectivity index (χ0n) is 6.41. The molecule has 4 nitrogen and oxygen atoms in total. The van der Waals surface area contributed by atoms with Gasteiger partial charge in [0.25, 0.3) is 0 Å². The minimum atomic E-state index is -2.98. The first-order chi connectivity index (χ1) is 5.02. The molecule has 64 valence electrons. The molecule has 0 saturated carbocycles. The van der Waals surface area contributed by atoms with E-state index in [1.165, 1.54) is 10.6 Å². The number of hydrogen-bond donors (Lipinski definition) is 0. The van der Waals surface area contributed by atoms with Crippen molar-refractivity contribution in [2.45, 2.75) is 12.0 Å². The summed E-state index contributed by atoms with van der Waals surface area (Å²) >= 11 is 0. The van der Waals surface area contributed by atoms with E-state index in [9.17, 15) is 8.42 Å². The van der Waals surface area contributed by atoms with Crippen LogP contribution in [0.15, 0.2) is 0 Å². The van der Waals surface area contributed by atoms with Crippen LogP contribution in [0.4, 0.5) is 0 Å². The molecule has 2 fully saturated rings. The van der Waals surface area contributed by atoms with E-state index in [0.717, 1.165) is 13.0 Å². The van der Waals surface area contributed by atoms with Crippen molar-refractivity contribution in [3.63, 3.8) is 0 Å². The van der Waals surface area contributed by atoms with E-state index in [1.54, 1.807) is 0 Å². The molecular weight excluding hydrogens is 166 g/mol. The zero-order valence-corrected chi connectivity index (χ0v) is 7.23. The number of ether oxygens (including phenoxy) is 1. The Kier molecular flexibility index (Phi) is 1.34. The Labute approximate surface area is 66.2 Å². The molecule has 0 aromatic rings. The van der Waals surface area contributed by atoms with Crippen molar-refractivity contribution < 1.29 is 13.2 Å². The first-order valence-corrected chi connectivity index (χ1v) is 5.46. The summed E-state index contributed by atoms with van der Waals surface area (Å²) in [5.74, 6) is 0. The van der Waals surface area contributed by atoms with Gasteiger partial charge in [0.2, 0.25) is 10.0 Å². The van der Waals surface area contributed by atoms with Crippen LogP contribution in [-0.4, -0.2) is 44.3 Å². The predicted octanol–water partition coefficient (Wildman–Crippen LogP) is -0.579. The predicted molar refractivity (Wildman–Crippen MR) is 39.7 cm³/mol. The topological polar surface area (TPSA) is 49.9 Å². The molecule has 2 aliphatic heterocycles. The molecule has 0 bridgehead atoms. The number of hydrogen-bond acceptors (Lipinski definition) is 3. The van der Waals surface area contributed by atoms with Crippen LogP contribution in [0, 0.1) is 0 Å². The highest BCUT2D eigenvalue weighted by molar-refractivity contribution is 7.88. The summed E-state index contributed by atoms with van der Waals surface area (Å²) < 4.78 is 28.7. The molecular formula is C6H11NO3S. The SMILES string of the molecule is CS(=O)(=O)N1CCC2(CO2)C1. The largest absolute Gasteiger partial charge is 0.368 e. The molecule has 11 heavy (non-hydrogen) atoms. The van der Waals surface area contributed by atoms with Gasteiger partial charge in [-0.2, -0.15) is 4.31 Å². The molecule has 5 heteroatoms.